The van der Waals surface area contributed by atoms with Gasteiger partial charge in [-0.1, -0.05) is 23.7 Å². The maximum Gasteiger partial charge on any atom is 0.163 e. The molecule has 1 aromatic carbocycles. The van der Waals surface area contributed by atoms with Crippen molar-refractivity contribution in [1.29, 1.82) is 0 Å². The molecule has 2 aromatic rings. The standard InChI is InChI=1S/C12H12ClNO/c1-7-4-5-9-10(6-7)14(3)12(13)11(9)8(2)15/h4-6H,1-3H3. The van der Waals surface area contributed by atoms with Crippen molar-refractivity contribution in [2.24, 2.45) is 7.05 Å². The lowest BCUT2D eigenvalue weighted by Crippen LogP contribution is -1.92. The van der Waals surface area contributed by atoms with Crippen LogP contribution in [0.15, 0.2) is 18.2 Å². The highest BCUT2D eigenvalue weighted by Crippen LogP contribution is 2.29. The average Bonchev–Trinajstić information content (AvgIpc) is 2.41. The molecule has 78 valence electrons. The molecule has 0 aliphatic rings. The van der Waals surface area contributed by atoms with E-state index in [4.69, 9.17) is 11.6 Å². The zero-order valence-corrected chi connectivity index (χ0v) is 9.72. The van der Waals surface area contributed by atoms with E-state index >= 15 is 0 Å². The van der Waals surface area contributed by atoms with Crippen molar-refractivity contribution in [3.8, 4) is 0 Å². The molecule has 3 heteroatoms. The summed E-state index contributed by atoms with van der Waals surface area (Å²) in [6, 6.07) is 5.98. The highest BCUT2D eigenvalue weighted by Gasteiger charge is 2.16. The summed E-state index contributed by atoms with van der Waals surface area (Å²) in [5.41, 5.74) is 2.79. The Morgan fingerprint density at radius 2 is 2.07 bits per heavy atom. The average molecular weight is 222 g/mol. The summed E-state index contributed by atoms with van der Waals surface area (Å²) in [7, 11) is 1.87. The van der Waals surface area contributed by atoms with Gasteiger partial charge in [0.25, 0.3) is 0 Å². The molecule has 0 unspecified atom stereocenters. The minimum absolute atomic E-state index is 0.00875. The lowest BCUT2D eigenvalue weighted by atomic mass is 10.1. The number of rotatable bonds is 1. The van der Waals surface area contributed by atoms with Crippen LogP contribution in [0.3, 0.4) is 0 Å². The Labute approximate surface area is 93.5 Å². The zero-order valence-electron chi connectivity index (χ0n) is 8.97. The first kappa shape index (κ1) is 10.2. The molecule has 0 bridgehead atoms. The van der Waals surface area contributed by atoms with Gasteiger partial charge >= 0.3 is 0 Å². The lowest BCUT2D eigenvalue weighted by Gasteiger charge is -1.97. The van der Waals surface area contributed by atoms with E-state index in [0.29, 0.717) is 10.7 Å². The third-order valence-corrected chi connectivity index (χ3v) is 3.08. The Kier molecular flexibility index (Phi) is 2.31. The van der Waals surface area contributed by atoms with Crippen molar-refractivity contribution >= 4 is 28.3 Å². The Morgan fingerprint density at radius 1 is 1.40 bits per heavy atom. The van der Waals surface area contributed by atoms with E-state index < -0.39 is 0 Å². The van der Waals surface area contributed by atoms with E-state index in [9.17, 15) is 4.79 Å². The molecule has 0 amide bonds. The molecule has 0 radical (unpaired) electrons. The molecule has 0 saturated carbocycles. The van der Waals surface area contributed by atoms with Gasteiger partial charge < -0.3 is 4.57 Å². The number of aromatic nitrogens is 1. The number of hydrogen-bond acceptors (Lipinski definition) is 1. The monoisotopic (exact) mass is 221 g/mol. The number of halogens is 1. The van der Waals surface area contributed by atoms with Gasteiger partial charge in [-0.05, 0) is 25.5 Å². The van der Waals surface area contributed by atoms with Crippen molar-refractivity contribution < 1.29 is 4.79 Å². The third-order valence-electron chi connectivity index (χ3n) is 2.64. The zero-order chi connectivity index (χ0) is 11.2. The van der Waals surface area contributed by atoms with Crippen molar-refractivity contribution in [2.45, 2.75) is 13.8 Å². The van der Waals surface area contributed by atoms with Crippen molar-refractivity contribution in [3.05, 3.63) is 34.5 Å². The number of hydrogen-bond donors (Lipinski definition) is 0. The van der Waals surface area contributed by atoms with Crippen LogP contribution in [0.4, 0.5) is 0 Å². The number of Topliss-reactive ketones (excluding diaryl/α,β-unsaturated/α-hetero) is 1. The minimum atomic E-state index is 0.00875. The van der Waals surface area contributed by atoms with Crippen LogP contribution < -0.4 is 0 Å². The molecule has 0 atom stereocenters. The molecule has 0 N–H and O–H groups in total. The number of benzene rings is 1. The maximum atomic E-state index is 11.5. The van der Waals surface area contributed by atoms with Gasteiger partial charge in [0.05, 0.1) is 5.56 Å². The van der Waals surface area contributed by atoms with Crippen molar-refractivity contribution in [1.82, 2.24) is 4.57 Å². The fourth-order valence-corrected chi connectivity index (χ4v) is 2.18. The second-order valence-electron chi connectivity index (χ2n) is 3.80. The topological polar surface area (TPSA) is 22.0 Å². The predicted molar refractivity (Wildman–Crippen MR) is 62.7 cm³/mol. The number of carbonyl (C=O) groups excluding carboxylic acids is 1. The molecule has 1 heterocycles. The summed E-state index contributed by atoms with van der Waals surface area (Å²) in [5.74, 6) is 0.00875. The summed E-state index contributed by atoms with van der Waals surface area (Å²) in [4.78, 5) is 11.5. The Hall–Kier alpha value is -1.28. The van der Waals surface area contributed by atoms with Crippen LogP contribution in [0, 0.1) is 6.92 Å². The normalized spacial score (nSPS) is 10.9. The molecule has 2 rings (SSSR count). The molecular formula is C12H12ClNO. The predicted octanol–water partition coefficient (Wildman–Crippen LogP) is 3.34. The highest BCUT2D eigenvalue weighted by atomic mass is 35.5. The molecule has 0 aliphatic heterocycles. The number of ketones is 1. The van der Waals surface area contributed by atoms with Gasteiger partial charge in [0.2, 0.25) is 0 Å². The summed E-state index contributed by atoms with van der Waals surface area (Å²) < 4.78 is 1.85. The quantitative estimate of drug-likeness (QED) is 0.677. The van der Waals surface area contributed by atoms with Gasteiger partial charge in [-0.15, -0.1) is 0 Å². The van der Waals surface area contributed by atoms with Crippen LogP contribution in [0.2, 0.25) is 5.15 Å². The fraction of sp³-hybridized carbons (Fsp3) is 0.250. The van der Waals surface area contributed by atoms with Gasteiger partial charge in [-0.2, -0.15) is 0 Å². The smallest absolute Gasteiger partial charge is 0.163 e. The number of fused-ring (bicyclic) bond motifs is 1. The lowest BCUT2D eigenvalue weighted by molar-refractivity contribution is 0.101. The van der Waals surface area contributed by atoms with Gasteiger partial charge in [-0.25, -0.2) is 0 Å². The Bertz CT molecular complexity index is 554. The molecule has 0 fully saturated rings. The first-order valence-electron chi connectivity index (χ1n) is 4.78. The van der Waals surface area contributed by atoms with Gasteiger partial charge in [0.15, 0.2) is 5.78 Å². The van der Waals surface area contributed by atoms with Crippen molar-refractivity contribution in [2.75, 3.05) is 0 Å². The summed E-state index contributed by atoms with van der Waals surface area (Å²) in [6.45, 7) is 3.56. The Balaban J connectivity index is 2.93. The van der Waals surface area contributed by atoms with Crippen LogP contribution in [-0.4, -0.2) is 10.4 Å². The number of nitrogens with zero attached hydrogens (tertiary/aromatic N) is 1. The molecule has 2 nitrogen and oxygen atoms in total. The highest BCUT2D eigenvalue weighted by molar-refractivity contribution is 6.35. The van der Waals surface area contributed by atoms with E-state index in [1.165, 1.54) is 0 Å². The summed E-state index contributed by atoms with van der Waals surface area (Å²) >= 11 is 6.13. The van der Waals surface area contributed by atoms with Crippen LogP contribution in [0.1, 0.15) is 22.8 Å². The Morgan fingerprint density at radius 3 is 2.67 bits per heavy atom. The second-order valence-corrected chi connectivity index (χ2v) is 4.16. The first-order chi connectivity index (χ1) is 7.02. The second kappa shape index (κ2) is 3.38. The number of carbonyl (C=O) groups is 1. The van der Waals surface area contributed by atoms with E-state index in [1.807, 2.05) is 36.7 Å². The van der Waals surface area contributed by atoms with Gasteiger partial charge in [-0.3, -0.25) is 4.79 Å². The molecule has 0 aliphatic carbocycles. The van der Waals surface area contributed by atoms with Crippen LogP contribution in [0.5, 0.6) is 0 Å². The molecule has 0 spiro atoms. The molecule has 0 saturated heterocycles. The molecular weight excluding hydrogens is 210 g/mol. The first-order valence-corrected chi connectivity index (χ1v) is 5.15. The third kappa shape index (κ3) is 1.45. The van der Waals surface area contributed by atoms with Crippen LogP contribution in [-0.2, 0) is 7.05 Å². The van der Waals surface area contributed by atoms with Crippen molar-refractivity contribution in [3.63, 3.8) is 0 Å². The molecule has 15 heavy (non-hydrogen) atoms. The summed E-state index contributed by atoms with van der Waals surface area (Å²) in [5, 5.41) is 1.45. The largest absolute Gasteiger partial charge is 0.334 e. The van der Waals surface area contributed by atoms with Crippen LogP contribution >= 0.6 is 11.6 Å². The van der Waals surface area contributed by atoms with Gasteiger partial charge in [0, 0.05) is 18.0 Å². The van der Waals surface area contributed by atoms with E-state index in [2.05, 4.69) is 0 Å². The van der Waals surface area contributed by atoms with E-state index in [-0.39, 0.29) is 5.78 Å². The molecule has 1 aromatic heterocycles. The van der Waals surface area contributed by atoms with E-state index in [1.54, 1.807) is 6.92 Å². The minimum Gasteiger partial charge on any atom is -0.334 e. The number of aryl methyl sites for hydroxylation is 2. The van der Waals surface area contributed by atoms with Gasteiger partial charge in [0.1, 0.15) is 5.15 Å². The van der Waals surface area contributed by atoms with Crippen LogP contribution in [0.25, 0.3) is 10.9 Å². The summed E-state index contributed by atoms with van der Waals surface area (Å²) in [6.07, 6.45) is 0. The maximum absolute atomic E-state index is 11.5. The fourth-order valence-electron chi connectivity index (χ4n) is 1.85. The van der Waals surface area contributed by atoms with E-state index in [0.717, 1.165) is 16.5 Å². The SMILES string of the molecule is CC(=O)c1c(Cl)n(C)c2cc(C)ccc12.